The van der Waals surface area contributed by atoms with Gasteiger partial charge in [0, 0.05) is 55.8 Å². The summed E-state index contributed by atoms with van der Waals surface area (Å²) in [6.45, 7) is 3.66. The van der Waals surface area contributed by atoms with E-state index < -0.39 is 11.9 Å². The number of rotatable bonds is 4. The summed E-state index contributed by atoms with van der Waals surface area (Å²) >= 11 is 0. The molecule has 6 rings (SSSR count). The number of hydrogen-bond acceptors (Lipinski definition) is 4. The number of piperazine rings is 1. The first-order valence-electron chi connectivity index (χ1n) is 12.3. The van der Waals surface area contributed by atoms with Crippen molar-refractivity contribution < 1.29 is 22.4 Å². The van der Waals surface area contributed by atoms with Crippen LogP contribution in [0.2, 0.25) is 0 Å². The minimum Gasteiger partial charge on any atom is -0.469 e. The van der Waals surface area contributed by atoms with Gasteiger partial charge in [0.1, 0.15) is 5.76 Å². The number of nitrogens with zero attached hydrogens (tertiary/aromatic N) is 4. The number of alkyl halides is 3. The molecule has 0 atom stereocenters. The fourth-order valence-corrected chi connectivity index (χ4v) is 5.24. The van der Waals surface area contributed by atoms with Crippen LogP contribution >= 0.6 is 0 Å². The van der Waals surface area contributed by atoms with Gasteiger partial charge in [0.05, 0.1) is 17.6 Å². The standard InChI is InChI=1S/C28H25F3N4O2/c29-28(30,31)26-23-10-11-24-22(12-17-37-24)25(23)35(32-26)21-8-6-20(7-9-21)27(36)34-15-13-33(14-16-34)18-19-4-2-1-3-5-19/h1-9,12,17H,10-11,13-16,18H2. The molecule has 1 aliphatic heterocycles. The van der Waals surface area contributed by atoms with Crippen LogP contribution in [0.1, 0.15) is 32.9 Å². The number of aromatic nitrogens is 2. The fraction of sp³-hybridized carbons (Fsp3) is 0.286. The predicted octanol–water partition coefficient (Wildman–Crippen LogP) is 5.21. The molecule has 0 spiro atoms. The average molecular weight is 507 g/mol. The normalized spacial score (nSPS) is 15.9. The molecule has 1 aliphatic carbocycles. The van der Waals surface area contributed by atoms with E-state index in [4.69, 9.17) is 4.42 Å². The van der Waals surface area contributed by atoms with Crippen LogP contribution < -0.4 is 0 Å². The highest BCUT2D eigenvalue weighted by Crippen LogP contribution is 2.42. The third kappa shape index (κ3) is 4.44. The number of hydrogen-bond donors (Lipinski definition) is 0. The van der Waals surface area contributed by atoms with Gasteiger partial charge >= 0.3 is 6.18 Å². The highest BCUT2D eigenvalue weighted by atomic mass is 19.4. The van der Waals surface area contributed by atoms with E-state index in [9.17, 15) is 18.0 Å². The summed E-state index contributed by atoms with van der Waals surface area (Å²) < 4.78 is 48.1. The van der Waals surface area contributed by atoms with Crippen LogP contribution in [0.4, 0.5) is 13.2 Å². The van der Waals surface area contributed by atoms with Gasteiger partial charge in [0.25, 0.3) is 5.91 Å². The van der Waals surface area contributed by atoms with Crippen LogP contribution in [-0.4, -0.2) is 51.7 Å². The largest absolute Gasteiger partial charge is 0.469 e. The van der Waals surface area contributed by atoms with E-state index in [1.807, 2.05) is 23.1 Å². The minimum atomic E-state index is -4.56. The van der Waals surface area contributed by atoms with E-state index in [-0.39, 0.29) is 17.9 Å². The van der Waals surface area contributed by atoms with Gasteiger partial charge in [-0.1, -0.05) is 30.3 Å². The molecule has 9 heteroatoms. The molecule has 2 aromatic carbocycles. The highest BCUT2D eigenvalue weighted by Gasteiger charge is 2.41. The number of amides is 1. The molecule has 0 saturated carbocycles. The second-order valence-corrected chi connectivity index (χ2v) is 9.44. The minimum absolute atomic E-state index is 0.0819. The predicted molar refractivity (Wildman–Crippen MR) is 131 cm³/mol. The maximum Gasteiger partial charge on any atom is 0.435 e. The van der Waals surface area contributed by atoms with E-state index in [2.05, 4.69) is 22.1 Å². The molecule has 6 nitrogen and oxygen atoms in total. The van der Waals surface area contributed by atoms with Crippen LogP contribution in [0, 0.1) is 0 Å². The molecule has 0 radical (unpaired) electrons. The Balaban J connectivity index is 1.20. The molecule has 0 bridgehead atoms. The van der Waals surface area contributed by atoms with Crippen molar-refractivity contribution in [3.05, 3.63) is 95.1 Å². The third-order valence-electron chi connectivity index (χ3n) is 7.12. The van der Waals surface area contributed by atoms with Gasteiger partial charge in [-0.3, -0.25) is 9.69 Å². The molecular weight excluding hydrogens is 481 g/mol. The molecule has 1 fully saturated rings. The molecule has 2 aromatic heterocycles. The number of fused-ring (bicyclic) bond motifs is 3. The zero-order valence-corrected chi connectivity index (χ0v) is 20.0. The van der Waals surface area contributed by atoms with E-state index >= 15 is 0 Å². The summed E-state index contributed by atoms with van der Waals surface area (Å²) in [5.74, 6) is 0.571. The fourth-order valence-electron chi connectivity index (χ4n) is 5.24. The molecule has 1 saturated heterocycles. The Hall–Kier alpha value is -3.85. The van der Waals surface area contributed by atoms with E-state index in [0.29, 0.717) is 47.8 Å². The van der Waals surface area contributed by atoms with Crippen LogP contribution in [0.25, 0.3) is 16.9 Å². The lowest BCUT2D eigenvalue weighted by Gasteiger charge is -2.34. The second-order valence-electron chi connectivity index (χ2n) is 9.44. The second kappa shape index (κ2) is 9.23. The lowest BCUT2D eigenvalue weighted by atomic mass is 9.94. The van der Waals surface area contributed by atoms with Crippen molar-refractivity contribution in [2.45, 2.75) is 25.6 Å². The van der Waals surface area contributed by atoms with Gasteiger partial charge in [0.2, 0.25) is 0 Å². The van der Waals surface area contributed by atoms with Crippen molar-refractivity contribution in [1.29, 1.82) is 0 Å². The molecule has 3 heterocycles. The van der Waals surface area contributed by atoms with Gasteiger partial charge in [0.15, 0.2) is 5.69 Å². The number of benzene rings is 2. The quantitative estimate of drug-likeness (QED) is 0.382. The van der Waals surface area contributed by atoms with Crippen LogP contribution in [0.3, 0.4) is 0 Å². The first-order chi connectivity index (χ1) is 17.9. The Morgan fingerprint density at radius 2 is 1.65 bits per heavy atom. The van der Waals surface area contributed by atoms with Crippen molar-refractivity contribution in [1.82, 2.24) is 19.6 Å². The molecule has 2 aliphatic rings. The molecular formula is C28H25F3N4O2. The number of carbonyl (C=O) groups excluding carboxylic acids is 1. The number of halogens is 3. The van der Waals surface area contributed by atoms with Crippen molar-refractivity contribution in [2.75, 3.05) is 26.2 Å². The van der Waals surface area contributed by atoms with Gasteiger partial charge in [-0.2, -0.15) is 18.3 Å². The van der Waals surface area contributed by atoms with Crippen molar-refractivity contribution in [3.8, 4) is 16.9 Å². The maximum absolute atomic E-state index is 13.8. The number of furan rings is 1. The van der Waals surface area contributed by atoms with Crippen molar-refractivity contribution >= 4 is 5.91 Å². The van der Waals surface area contributed by atoms with Crippen LogP contribution in [0.15, 0.2) is 71.3 Å². The Morgan fingerprint density at radius 3 is 2.35 bits per heavy atom. The monoisotopic (exact) mass is 506 g/mol. The van der Waals surface area contributed by atoms with Gasteiger partial charge in [-0.05, 0) is 42.3 Å². The number of carbonyl (C=O) groups is 1. The summed E-state index contributed by atoms with van der Waals surface area (Å²) in [5, 5.41) is 3.97. The lowest BCUT2D eigenvalue weighted by Crippen LogP contribution is -2.48. The topological polar surface area (TPSA) is 54.5 Å². The van der Waals surface area contributed by atoms with Crippen molar-refractivity contribution in [2.24, 2.45) is 0 Å². The molecule has 4 aromatic rings. The zero-order valence-electron chi connectivity index (χ0n) is 20.0. The molecule has 1 amide bonds. The summed E-state index contributed by atoms with van der Waals surface area (Å²) in [4.78, 5) is 17.3. The maximum atomic E-state index is 13.8. The third-order valence-corrected chi connectivity index (χ3v) is 7.12. The van der Waals surface area contributed by atoms with E-state index in [1.54, 1.807) is 30.3 Å². The van der Waals surface area contributed by atoms with Crippen LogP contribution in [0.5, 0.6) is 0 Å². The first-order valence-corrected chi connectivity index (χ1v) is 12.3. The Labute approximate surface area is 211 Å². The highest BCUT2D eigenvalue weighted by molar-refractivity contribution is 5.94. The zero-order chi connectivity index (χ0) is 25.6. The van der Waals surface area contributed by atoms with Gasteiger partial charge in [-0.25, -0.2) is 4.68 Å². The summed E-state index contributed by atoms with van der Waals surface area (Å²) in [6, 6.07) is 18.6. The lowest BCUT2D eigenvalue weighted by molar-refractivity contribution is -0.142. The van der Waals surface area contributed by atoms with Crippen molar-refractivity contribution in [3.63, 3.8) is 0 Å². The Bertz CT molecular complexity index is 1420. The number of aryl methyl sites for hydroxylation is 1. The van der Waals surface area contributed by atoms with Crippen LogP contribution in [-0.2, 0) is 25.6 Å². The molecule has 0 unspecified atom stereocenters. The summed E-state index contributed by atoms with van der Waals surface area (Å²) in [5.41, 5.74) is 2.53. The molecule has 37 heavy (non-hydrogen) atoms. The SMILES string of the molecule is O=C(c1ccc(-n2nc(C(F)(F)F)c3c2-c2ccoc2CC3)cc1)N1CCN(Cc2ccccc2)CC1. The van der Waals surface area contributed by atoms with Gasteiger partial charge in [-0.15, -0.1) is 0 Å². The smallest absolute Gasteiger partial charge is 0.435 e. The van der Waals surface area contributed by atoms with E-state index in [0.717, 1.165) is 19.6 Å². The Morgan fingerprint density at radius 1 is 0.919 bits per heavy atom. The summed E-state index contributed by atoms with van der Waals surface area (Å²) in [6.07, 6.45) is -2.46. The molecule has 190 valence electrons. The van der Waals surface area contributed by atoms with Gasteiger partial charge < -0.3 is 9.32 Å². The molecule has 0 N–H and O–H groups in total. The summed E-state index contributed by atoms with van der Waals surface area (Å²) in [7, 11) is 0. The Kier molecular flexibility index (Phi) is 5.87. The van der Waals surface area contributed by atoms with E-state index in [1.165, 1.54) is 16.5 Å². The first kappa shape index (κ1) is 23.5. The average Bonchev–Trinajstić information content (AvgIpc) is 3.54.